The molecule has 0 saturated carbocycles. The summed E-state index contributed by atoms with van der Waals surface area (Å²) in [5.41, 5.74) is 0. The number of ether oxygens (including phenoxy) is 1. The van der Waals surface area contributed by atoms with Crippen LogP contribution in [0.15, 0.2) is 60.7 Å². The van der Waals surface area contributed by atoms with Crippen molar-refractivity contribution in [3.8, 4) is 0 Å². The molecule has 1 aliphatic rings. The molecule has 6 heteroatoms. The largest absolute Gasteiger partial charge is 0.404 e. The molecule has 2 aromatic rings. The van der Waals surface area contributed by atoms with Crippen molar-refractivity contribution in [1.29, 1.82) is 0 Å². The maximum atomic E-state index is 11.5. The van der Waals surface area contributed by atoms with Gasteiger partial charge >= 0.3 is 0 Å². The zero-order chi connectivity index (χ0) is 25.9. The van der Waals surface area contributed by atoms with E-state index in [0.29, 0.717) is 19.3 Å². The molecule has 0 unspecified atom stereocenters. The number of hydrogen-bond donors (Lipinski definition) is 0. The van der Waals surface area contributed by atoms with Crippen LogP contribution in [-0.4, -0.2) is 41.4 Å². The Bertz CT molecular complexity index is 909. The van der Waals surface area contributed by atoms with Gasteiger partial charge in [-0.15, -0.1) is 0 Å². The van der Waals surface area contributed by atoms with Crippen LogP contribution in [0.4, 0.5) is 0 Å². The van der Waals surface area contributed by atoms with Crippen molar-refractivity contribution in [1.82, 2.24) is 0 Å². The Hall–Kier alpha value is -1.58. The van der Waals surface area contributed by atoms with Gasteiger partial charge in [0.25, 0.3) is 8.32 Å². The van der Waals surface area contributed by atoms with Crippen LogP contribution in [0.25, 0.3) is 0 Å². The van der Waals surface area contributed by atoms with Crippen LogP contribution < -0.4 is 10.4 Å². The van der Waals surface area contributed by atoms with Crippen LogP contribution in [-0.2, 0) is 18.4 Å². The lowest BCUT2D eigenvalue weighted by Crippen LogP contribution is -2.68. The molecule has 0 radical (unpaired) electrons. The molecule has 4 nitrogen and oxygen atoms in total. The van der Waals surface area contributed by atoms with E-state index in [1.165, 1.54) is 10.4 Å². The maximum absolute atomic E-state index is 11.5. The summed E-state index contributed by atoms with van der Waals surface area (Å²) in [7, 11) is -4.76. The quantitative estimate of drug-likeness (QED) is 0.319. The first-order valence-electron chi connectivity index (χ1n) is 12.9. The van der Waals surface area contributed by atoms with E-state index in [2.05, 4.69) is 115 Å². The predicted molar refractivity (Wildman–Crippen MR) is 149 cm³/mol. The van der Waals surface area contributed by atoms with Gasteiger partial charge < -0.3 is 18.4 Å². The van der Waals surface area contributed by atoms with Gasteiger partial charge in [-0.25, -0.2) is 0 Å². The number of carbonyl (C=O) groups excluding carboxylic acids is 1. The fourth-order valence-corrected chi connectivity index (χ4v) is 10.7. The van der Waals surface area contributed by atoms with Crippen LogP contribution in [0.3, 0.4) is 0 Å². The van der Waals surface area contributed by atoms with Crippen molar-refractivity contribution >= 4 is 33.3 Å². The summed E-state index contributed by atoms with van der Waals surface area (Å²) in [5.74, 6) is 0. The average molecular weight is 513 g/mol. The summed E-state index contributed by atoms with van der Waals surface area (Å²) >= 11 is 0. The Morgan fingerprint density at radius 2 is 1.34 bits per heavy atom. The standard InChI is InChI=1S/C29H44O4Si2/c1-28(2,3)34(7,8)33-27-22-24(21-23(31-27)19-20-30)32-35(29(4,5)6,25-15-11-9-12-16-25)26-17-13-10-14-18-26/h9-18,20,23-24,27H,19,21-22H2,1-8H3/t23-,24-,27-/m1/s1. The summed E-state index contributed by atoms with van der Waals surface area (Å²) in [4.78, 5) is 11.5. The van der Waals surface area contributed by atoms with E-state index in [-0.39, 0.29) is 28.6 Å². The number of aldehydes is 1. The summed E-state index contributed by atoms with van der Waals surface area (Å²) in [5, 5.41) is 2.49. The molecular weight excluding hydrogens is 468 g/mol. The monoisotopic (exact) mass is 512 g/mol. The Morgan fingerprint density at radius 1 is 0.829 bits per heavy atom. The van der Waals surface area contributed by atoms with Crippen LogP contribution >= 0.6 is 0 Å². The zero-order valence-electron chi connectivity index (χ0n) is 22.8. The van der Waals surface area contributed by atoms with Gasteiger partial charge in [-0.1, -0.05) is 102 Å². The highest BCUT2D eigenvalue weighted by Crippen LogP contribution is 2.42. The molecule has 0 bridgehead atoms. The third-order valence-electron chi connectivity index (χ3n) is 7.68. The van der Waals surface area contributed by atoms with E-state index >= 15 is 0 Å². The summed E-state index contributed by atoms with van der Waals surface area (Å²) in [6, 6.07) is 21.4. The van der Waals surface area contributed by atoms with Crippen molar-refractivity contribution in [2.75, 3.05) is 0 Å². The fraction of sp³-hybridized carbons (Fsp3) is 0.552. The number of hydrogen-bond acceptors (Lipinski definition) is 4. The first kappa shape index (κ1) is 28.0. The lowest BCUT2D eigenvalue weighted by molar-refractivity contribution is -0.179. The Kier molecular flexibility index (Phi) is 8.65. The smallest absolute Gasteiger partial charge is 0.261 e. The normalized spacial score (nSPS) is 22.1. The second-order valence-corrected chi connectivity index (χ2v) is 21.4. The molecule has 1 heterocycles. The Morgan fingerprint density at radius 3 is 1.77 bits per heavy atom. The molecule has 2 aromatic carbocycles. The van der Waals surface area contributed by atoms with Gasteiger partial charge in [0.1, 0.15) is 6.29 Å². The molecule has 0 aromatic heterocycles. The van der Waals surface area contributed by atoms with Crippen LogP contribution in [0.5, 0.6) is 0 Å². The number of benzene rings is 2. The Labute approximate surface area is 214 Å². The fourth-order valence-electron chi connectivity index (χ4n) is 4.81. The van der Waals surface area contributed by atoms with Gasteiger partial charge in [-0.05, 0) is 40.0 Å². The van der Waals surface area contributed by atoms with Gasteiger partial charge in [-0.3, -0.25) is 0 Å². The molecule has 0 spiro atoms. The van der Waals surface area contributed by atoms with E-state index in [1.54, 1.807) is 0 Å². The summed E-state index contributed by atoms with van der Waals surface area (Å²) < 4.78 is 20.4. The molecule has 1 saturated heterocycles. The minimum Gasteiger partial charge on any atom is -0.404 e. The molecule has 1 aliphatic heterocycles. The van der Waals surface area contributed by atoms with Crippen molar-refractivity contribution < 1.29 is 18.4 Å². The van der Waals surface area contributed by atoms with E-state index in [4.69, 9.17) is 13.6 Å². The summed E-state index contributed by atoms with van der Waals surface area (Å²) in [6.45, 7) is 18.1. The van der Waals surface area contributed by atoms with Crippen LogP contribution in [0.2, 0.25) is 23.2 Å². The van der Waals surface area contributed by atoms with Gasteiger partial charge in [0.05, 0.1) is 12.2 Å². The average Bonchev–Trinajstić information content (AvgIpc) is 2.77. The van der Waals surface area contributed by atoms with Crippen molar-refractivity contribution in [2.24, 2.45) is 0 Å². The topological polar surface area (TPSA) is 44.8 Å². The highest BCUT2D eigenvalue weighted by molar-refractivity contribution is 6.99. The van der Waals surface area contributed by atoms with Crippen LogP contribution in [0.1, 0.15) is 60.8 Å². The first-order valence-corrected chi connectivity index (χ1v) is 17.7. The van der Waals surface area contributed by atoms with Gasteiger partial charge in [-0.2, -0.15) is 0 Å². The molecule has 0 amide bonds. The molecule has 3 rings (SSSR count). The SMILES string of the molecule is CC(C)(C)[Si](C)(C)O[C@@H]1C[C@H](O[Si](c2ccccc2)(c2ccccc2)C(C)(C)C)C[C@@H](CC=O)O1. The third kappa shape index (κ3) is 6.23. The Balaban J connectivity index is 2.03. The second-order valence-electron chi connectivity index (χ2n) is 12.3. The maximum Gasteiger partial charge on any atom is 0.261 e. The third-order valence-corrected chi connectivity index (χ3v) is 17.2. The predicted octanol–water partition coefficient (Wildman–Crippen LogP) is 6.05. The molecule has 0 aliphatic carbocycles. The zero-order valence-corrected chi connectivity index (χ0v) is 24.8. The van der Waals surface area contributed by atoms with Crippen LogP contribution in [0, 0.1) is 0 Å². The number of rotatable bonds is 8. The highest BCUT2D eigenvalue weighted by Gasteiger charge is 2.52. The lowest BCUT2D eigenvalue weighted by Gasteiger charge is -2.48. The van der Waals surface area contributed by atoms with E-state index < -0.39 is 16.6 Å². The highest BCUT2D eigenvalue weighted by atomic mass is 28.4. The lowest BCUT2D eigenvalue weighted by atomic mass is 10.0. The first-order chi connectivity index (χ1) is 16.3. The summed E-state index contributed by atoms with van der Waals surface area (Å²) in [6.07, 6.45) is 2.07. The molecular formula is C29H44O4Si2. The molecule has 0 N–H and O–H groups in total. The minimum absolute atomic E-state index is 0.0604. The van der Waals surface area contributed by atoms with E-state index in [1.807, 2.05) is 0 Å². The van der Waals surface area contributed by atoms with Gasteiger partial charge in [0.15, 0.2) is 14.6 Å². The van der Waals surface area contributed by atoms with E-state index in [0.717, 1.165) is 6.29 Å². The van der Waals surface area contributed by atoms with Gasteiger partial charge in [0, 0.05) is 12.8 Å². The molecule has 1 fully saturated rings. The number of carbonyl (C=O) groups is 1. The second kappa shape index (κ2) is 10.8. The van der Waals surface area contributed by atoms with Gasteiger partial charge in [0.2, 0.25) is 0 Å². The van der Waals surface area contributed by atoms with Crippen molar-refractivity contribution in [3.05, 3.63) is 60.7 Å². The molecule has 192 valence electrons. The van der Waals surface area contributed by atoms with Crippen molar-refractivity contribution in [2.45, 2.75) is 102 Å². The minimum atomic E-state index is -2.70. The molecule has 35 heavy (non-hydrogen) atoms. The van der Waals surface area contributed by atoms with E-state index in [9.17, 15) is 4.79 Å². The molecule has 3 atom stereocenters. The van der Waals surface area contributed by atoms with Crippen molar-refractivity contribution in [3.63, 3.8) is 0 Å².